The lowest BCUT2D eigenvalue weighted by Crippen LogP contribution is -2.06. The van der Waals surface area contributed by atoms with Crippen LogP contribution in [0.2, 0.25) is 0 Å². The van der Waals surface area contributed by atoms with Gasteiger partial charge in [-0.3, -0.25) is 4.68 Å². The average Bonchev–Trinajstić information content (AvgIpc) is 2.48. The molecule has 0 unspecified atom stereocenters. The third-order valence-electron chi connectivity index (χ3n) is 2.05. The van der Waals surface area contributed by atoms with Crippen molar-refractivity contribution in [3.05, 3.63) is 11.3 Å². The maximum atomic E-state index is 8.94. The number of nitrogens with one attached hydrogen (secondary N) is 1. The summed E-state index contributed by atoms with van der Waals surface area (Å²) in [4.78, 5) is 0. The van der Waals surface area contributed by atoms with Crippen LogP contribution in [0.4, 0.5) is 5.82 Å². The fourth-order valence-corrected chi connectivity index (χ4v) is 1.36. The largest absolute Gasteiger partial charge is 0.368 e. The van der Waals surface area contributed by atoms with Gasteiger partial charge in [0.2, 0.25) is 0 Å². The minimum absolute atomic E-state index is 0.613. The Hall–Kier alpha value is -1.94. The van der Waals surface area contributed by atoms with E-state index in [9.17, 15) is 0 Å². The zero-order valence-electron chi connectivity index (χ0n) is 9.26. The second-order valence-electron chi connectivity index (χ2n) is 3.15. The molecule has 0 aliphatic rings. The van der Waals surface area contributed by atoms with Crippen LogP contribution < -0.4 is 5.32 Å². The zero-order chi connectivity index (χ0) is 11.3. The van der Waals surface area contributed by atoms with Crippen LogP contribution in [-0.2, 0) is 7.05 Å². The molecule has 0 aliphatic heterocycles. The molecular formula is C11H14N4. The summed E-state index contributed by atoms with van der Waals surface area (Å²) in [6.45, 7) is 4.37. The van der Waals surface area contributed by atoms with Gasteiger partial charge in [0.15, 0.2) is 0 Å². The minimum atomic E-state index is 0.613. The molecule has 4 heteroatoms. The maximum Gasteiger partial charge on any atom is 0.142 e. The fraction of sp³-hybridized carbons (Fsp3) is 0.455. The molecule has 0 saturated carbocycles. The first kappa shape index (κ1) is 11.1. The first-order valence-corrected chi connectivity index (χ1v) is 4.78. The first-order chi connectivity index (χ1) is 7.20. The van der Waals surface area contributed by atoms with Gasteiger partial charge in [0.05, 0.1) is 5.69 Å². The van der Waals surface area contributed by atoms with E-state index < -0.39 is 0 Å². The van der Waals surface area contributed by atoms with Gasteiger partial charge in [-0.25, -0.2) is 0 Å². The molecule has 1 aromatic heterocycles. The van der Waals surface area contributed by atoms with Gasteiger partial charge in [0.25, 0.3) is 0 Å². The molecule has 1 rings (SSSR count). The maximum absolute atomic E-state index is 8.94. The zero-order valence-corrected chi connectivity index (χ0v) is 9.26. The van der Waals surface area contributed by atoms with E-state index in [0.29, 0.717) is 5.56 Å². The van der Waals surface area contributed by atoms with Crippen LogP contribution in [0.1, 0.15) is 24.6 Å². The Morgan fingerprint density at radius 2 is 2.27 bits per heavy atom. The third-order valence-corrected chi connectivity index (χ3v) is 2.05. The SMILES string of the molecule is CC#CCCNc1c(C#N)c(C)nn1C. The quantitative estimate of drug-likeness (QED) is 0.596. The molecule has 1 aromatic rings. The van der Waals surface area contributed by atoms with Gasteiger partial charge < -0.3 is 5.32 Å². The topological polar surface area (TPSA) is 53.6 Å². The van der Waals surface area contributed by atoms with Crippen LogP contribution in [-0.4, -0.2) is 16.3 Å². The van der Waals surface area contributed by atoms with Crippen molar-refractivity contribution in [2.45, 2.75) is 20.3 Å². The monoisotopic (exact) mass is 202 g/mol. The van der Waals surface area contributed by atoms with Gasteiger partial charge in [-0.15, -0.1) is 11.8 Å². The molecule has 4 nitrogen and oxygen atoms in total. The highest BCUT2D eigenvalue weighted by Gasteiger charge is 2.11. The van der Waals surface area contributed by atoms with Crippen molar-refractivity contribution in [1.29, 1.82) is 5.26 Å². The molecule has 0 aromatic carbocycles. The lowest BCUT2D eigenvalue weighted by Gasteiger charge is -2.04. The Labute approximate surface area is 89.9 Å². The highest BCUT2D eigenvalue weighted by atomic mass is 15.3. The number of nitrogens with zero attached hydrogens (tertiary/aromatic N) is 3. The Bertz CT molecular complexity index is 440. The van der Waals surface area contributed by atoms with Crippen molar-refractivity contribution < 1.29 is 0 Å². The molecule has 1 heterocycles. The van der Waals surface area contributed by atoms with E-state index in [1.54, 1.807) is 4.68 Å². The lowest BCUT2D eigenvalue weighted by atomic mass is 10.2. The van der Waals surface area contributed by atoms with E-state index in [0.717, 1.165) is 24.5 Å². The van der Waals surface area contributed by atoms with Crippen molar-refractivity contribution in [3.63, 3.8) is 0 Å². The molecule has 15 heavy (non-hydrogen) atoms. The molecule has 0 saturated heterocycles. The Morgan fingerprint density at radius 1 is 1.53 bits per heavy atom. The number of aromatic nitrogens is 2. The lowest BCUT2D eigenvalue weighted by molar-refractivity contribution is 0.758. The predicted octanol–water partition coefficient (Wildman–Crippen LogP) is 1.43. The van der Waals surface area contributed by atoms with E-state index in [2.05, 4.69) is 28.3 Å². The number of nitriles is 1. The number of anilines is 1. The summed E-state index contributed by atoms with van der Waals surface area (Å²) >= 11 is 0. The minimum Gasteiger partial charge on any atom is -0.368 e. The highest BCUT2D eigenvalue weighted by molar-refractivity contribution is 5.54. The van der Waals surface area contributed by atoms with Crippen LogP contribution in [0.3, 0.4) is 0 Å². The van der Waals surface area contributed by atoms with E-state index in [-0.39, 0.29) is 0 Å². The number of hydrogen-bond donors (Lipinski definition) is 1. The number of rotatable bonds is 3. The van der Waals surface area contributed by atoms with Gasteiger partial charge in [0, 0.05) is 20.0 Å². The molecule has 0 aliphatic carbocycles. The summed E-state index contributed by atoms with van der Waals surface area (Å²) in [5.41, 5.74) is 1.37. The summed E-state index contributed by atoms with van der Waals surface area (Å²) < 4.78 is 1.69. The predicted molar refractivity (Wildman–Crippen MR) is 59.2 cm³/mol. The highest BCUT2D eigenvalue weighted by Crippen LogP contribution is 2.16. The number of hydrogen-bond acceptors (Lipinski definition) is 3. The van der Waals surface area contributed by atoms with E-state index in [1.807, 2.05) is 20.9 Å². The Morgan fingerprint density at radius 3 is 2.87 bits per heavy atom. The summed E-state index contributed by atoms with van der Waals surface area (Å²) in [5.74, 6) is 6.55. The summed E-state index contributed by atoms with van der Waals surface area (Å²) in [6.07, 6.45) is 0.769. The number of aryl methyl sites for hydroxylation is 2. The summed E-state index contributed by atoms with van der Waals surface area (Å²) in [5, 5.41) is 16.3. The van der Waals surface area contributed by atoms with Crippen molar-refractivity contribution in [2.24, 2.45) is 7.05 Å². The smallest absolute Gasteiger partial charge is 0.142 e. The summed E-state index contributed by atoms with van der Waals surface area (Å²) in [7, 11) is 1.82. The molecular weight excluding hydrogens is 188 g/mol. The van der Waals surface area contributed by atoms with E-state index in [1.165, 1.54) is 0 Å². The van der Waals surface area contributed by atoms with E-state index >= 15 is 0 Å². The normalized spacial score (nSPS) is 8.93. The van der Waals surface area contributed by atoms with Crippen LogP contribution in [0.25, 0.3) is 0 Å². The Kier molecular flexibility index (Phi) is 3.76. The molecule has 0 atom stereocenters. The molecule has 0 amide bonds. The van der Waals surface area contributed by atoms with Crippen LogP contribution >= 0.6 is 0 Å². The molecule has 0 radical (unpaired) electrons. The van der Waals surface area contributed by atoms with Crippen LogP contribution in [0.5, 0.6) is 0 Å². The molecule has 0 spiro atoms. The van der Waals surface area contributed by atoms with E-state index in [4.69, 9.17) is 5.26 Å². The molecule has 0 fully saturated rings. The van der Waals surface area contributed by atoms with Gasteiger partial charge >= 0.3 is 0 Å². The van der Waals surface area contributed by atoms with Gasteiger partial charge in [-0.1, -0.05) is 0 Å². The van der Waals surface area contributed by atoms with Crippen molar-refractivity contribution in [2.75, 3.05) is 11.9 Å². The molecule has 1 N–H and O–H groups in total. The standard InChI is InChI=1S/C11H14N4/c1-4-5-6-7-13-11-10(8-12)9(2)14-15(11)3/h13H,6-7H2,1-3H3. The van der Waals surface area contributed by atoms with Gasteiger partial charge in [-0.2, -0.15) is 10.4 Å². The van der Waals surface area contributed by atoms with Crippen LogP contribution in [0, 0.1) is 30.1 Å². The average molecular weight is 202 g/mol. The van der Waals surface area contributed by atoms with Crippen LogP contribution in [0.15, 0.2) is 0 Å². The van der Waals surface area contributed by atoms with Crippen molar-refractivity contribution in [1.82, 2.24) is 9.78 Å². The van der Waals surface area contributed by atoms with Crippen molar-refractivity contribution in [3.8, 4) is 17.9 Å². The molecule has 0 bridgehead atoms. The fourth-order valence-electron chi connectivity index (χ4n) is 1.36. The second kappa shape index (κ2) is 5.07. The second-order valence-corrected chi connectivity index (χ2v) is 3.15. The van der Waals surface area contributed by atoms with Crippen molar-refractivity contribution >= 4 is 5.82 Å². The molecule has 78 valence electrons. The summed E-state index contributed by atoms with van der Waals surface area (Å²) in [6, 6.07) is 2.14. The van der Waals surface area contributed by atoms with Gasteiger partial charge in [0.1, 0.15) is 17.5 Å². The first-order valence-electron chi connectivity index (χ1n) is 4.78. The van der Waals surface area contributed by atoms with Gasteiger partial charge in [-0.05, 0) is 13.8 Å². The third kappa shape index (κ3) is 2.51. The Balaban J connectivity index is 2.75.